The molecular formula is C10H15N3O5. The number of aliphatic hydroxyl groups is 2. The van der Waals surface area contributed by atoms with Crippen LogP contribution in [0.2, 0.25) is 0 Å². The Morgan fingerprint density at radius 2 is 2.22 bits per heavy atom. The number of esters is 1. The highest BCUT2D eigenvalue weighted by Gasteiger charge is 2.26. The third kappa shape index (κ3) is 3.28. The Kier molecular flexibility index (Phi) is 4.81. The van der Waals surface area contributed by atoms with Crippen molar-refractivity contribution < 1.29 is 24.5 Å². The molecule has 0 fully saturated rings. The third-order valence-corrected chi connectivity index (χ3v) is 2.30. The first-order valence-corrected chi connectivity index (χ1v) is 5.19. The lowest BCUT2D eigenvalue weighted by Crippen LogP contribution is -2.34. The smallest absolute Gasteiger partial charge is 0.356 e. The molecule has 0 aliphatic rings. The number of aromatic nitrogens is 2. The van der Waals surface area contributed by atoms with Crippen LogP contribution in [-0.4, -0.2) is 52.0 Å². The number of nitrogens with one attached hydrogen (secondary N) is 2. The van der Waals surface area contributed by atoms with Crippen molar-refractivity contribution in [2.45, 2.75) is 19.1 Å². The molecule has 1 heterocycles. The van der Waals surface area contributed by atoms with Crippen LogP contribution < -0.4 is 5.32 Å². The molecule has 0 bridgehead atoms. The van der Waals surface area contributed by atoms with Gasteiger partial charge < -0.3 is 20.3 Å². The van der Waals surface area contributed by atoms with Crippen molar-refractivity contribution in [3.63, 3.8) is 0 Å². The van der Waals surface area contributed by atoms with Crippen LogP contribution in [0.15, 0.2) is 6.20 Å². The number of rotatable bonds is 5. The van der Waals surface area contributed by atoms with E-state index in [0.717, 1.165) is 0 Å². The second-order valence-corrected chi connectivity index (χ2v) is 3.64. The van der Waals surface area contributed by atoms with Crippen LogP contribution in [0.4, 0.5) is 0 Å². The minimum Gasteiger partial charge on any atom is -0.464 e. The van der Waals surface area contributed by atoms with E-state index in [0.29, 0.717) is 0 Å². The summed E-state index contributed by atoms with van der Waals surface area (Å²) in [6.45, 7) is 1.15. The van der Waals surface area contributed by atoms with Crippen molar-refractivity contribution in [2.24, 2.45) is 0 Å². The van der Waals surface area contributed by atoms with E-state index < -0.39 is 18.2 Å². The van der Waals surface area contributed by atoms with Gasteiger partial charge in [0, 0.05) is 19.0 Å². The van der Waals surface area contributed by atoms with Gasteiger partial charge in [0.1, 0.15) is 17.9 Å². The van der Waals surface area contributed by atoms with Crippen molar-refractivity contribution in [2.75, 3.05) is 13.7 Å². The monoisotopic (exact) mass is 257 g/mol. The van der Waals surface area contributed by atoms with Gasteiger partial charge in [-0.2, -0.15) is 5.10 Å². The predicted molar refractivity (Wildman–Crippen MR) is 59.6 cm³/mol. The Bertz CT molecular complexity index is 431. The standard InChI is InChI=1S/C10H15N3O5/c1-5(14)11-4-7(15)9(16)6-3-12-13-8(6)10(17)18-2/h3,7,9,15-16H,4H2,1-2H3,(H,11,14)(H,12,13). The van der Waals surface area contributed by atoms with E-state index in [1.54, 1.807) is 0 Å². The Balaban J connectivity index is 2.77. The number of H-pyrrole nitrogens is 1. The number of carbonyl (C=O) groups excluding carboxylic acids is 2. The first-order valence-electron chi connectivity index (χ1n) is 5.19. The van der Waals surface area contributed by atoms with E-state index in [1.165, 1.54) is 20.2 Å². The number of nitrogens with zero attached hydrogens (tertiary/aromatic N) is 1. The second kappa shape index (κ2) is 6.12. The van der Waals surface area contributed by atoms with Gasteiger partial charge in [-0.25, -0.2) is 4.79 Å². The lowest BCUT2D eigenvalue weighted by Gasteiger charge is -2.17. The number of aromatic amines is 1. The average Bonchev–Trinajstić information content (AvgIpc) is 2.82. The molecule has 1 aromatic rings. The molecule has 0 saturated carbocycles. The summed E-state index contributed by atoms with van der Waals surface area (Å²) in [5, 5.41) is 27.8. The van der Waals surface area contributed by atoms with E-state index in [2.05, 4.69) is 20.3 Å². The highest BCUT2D eigenvalue weighted by Crippen LogP contribution is 2.19. The molecule has 0 aromatic carbocycles. The van der Waals surface area contributed by atoms with Crippen molar-refractivity contribution in [1.29, 1.82) is 0 Å². The van der Waals surface area contributed by atoms with Crippen LogP contribution in [0.25, 0.3) is 0 Å². The average molecular weight is 257 g/mol. The van der Waals surface area contributed by atoms with Crippen LogP contribution in [-0.2, 0) is 9.53 Å². The molecule has 2 atom stereocenters. The summed E-state index contributed by atoms with van der Waals surface area (Å²) in [5.41, 5.74) is 0.0755. The minimum absolute atomic E-state index is 0.0353. The van der Waals surface area contributed by atoms with E-state index in [1.807, 2.05) is 0 Å². The predicted octanol–water partition coefficient (Wildman–Crippen LogP) is -1.27. The summed E-state index contributed by atoms with van der Waals surface area (Å²) in [7, 11) is 1.19. The number of amides is 1. The largest absolute Gasteiger partial charge is 0.464 e. The molecule has 0 spiro atoms. The number of hydrogen-bond acceptors (Lipinski definition) is 6. The molecule has 0 radical (unpaired) electrons. The maximum Gasteiger partial charge on any atom is 0.356 e. The molecule has 0 aliphatic heterocycles. The van der Waals surface area contributed by atoms with Gasteiger partial charge in [-0.3, -0.25) is 9.89 Å². The summed E-state index contributed by atoms with van der Waals surface area (Å²) < 4.78 is 4.49. The minimum atomic E-state index is -1.36. The molecule has 1 rings (SSSR count). The molecule has 100 valence electrons. The number of hydrogen-bond donors (Lipinski definition) is 4. The Morgan fingerprint density at radius 1 is 1.56 bits per heavy atom. The number of carbonyl (C=O) groups is 2. The SMILES string of the molecule is COC(=O)c1[nH]ncc1C(O)C(O)CNC(C)=O. The van der Waals surface area contributed by atoms with E-state index >= 15 is 0 Å². The van der Waals surface area contributed by atoms with Gasteiger partial charge in [-0.05, 0) is 0 Å². The van der Waals surface area contributed by atoms with Crippen molar-refractivity contribution >= 4 is 11.9 Å². The fraction of sp³-hybridized carbons (Fsp3) is 0.500. The number of aliphatic hydroxyl groups excluding tert-OH is 2. The Morgan fingerprint density at radius 3 is 2.78 bits per heavy atom. The van der Waals surface area contributed by atoms with Crippen molar-refractivity contribution in [3.05, 3.63) is 17.5 Å². The maximum atomic E-state index is 11.3. The summed E-state index contributed by atoms with van der Waals surface area (Å²) in [4.78, 5) is 22.0. The molecule has 1 amide bonds. The van der Waals surface area contributed by atoms with Crippen LogP contribution in [0.5, 0.6) is 0 Å². The molecule has 4 N–H and O–H groups in total. The zero-order valence-corrected chi connectivity index (χ0v) is 10.0. The fourth-order valence-corrected chi connectivity index (χ4v) is 1.35. The summed E-state index contributed by atoms with van der Waals surface area (Å²) >= 11 is 0. The third-order valence-electron chi connectivity index (χ3n) is 2.30. The topological polar surface area (TPSA) is 125 Å². The fourth-order valence-electron chi connectivity index (χ4n) is 1.35. The molecule has 2 unspecified atom stereocenters. The molecular weight excluding hydrogens is 242 g/mol. The summed E-state index contributed by atoms with van der Waals surface area (Å²) in [5.74, 6) is -1.03. The molecule has 8 heteroatoms. The van der Waals surface area contributed by atoms with Crippen molar-refractivity contribution in [1.82, 2.24) is 15.5 Å². The van der Waals surface area contributed by atoms with Gasteiger partial charge in [0.15, 0.2) is 0 Å². The molecule has 0 aliphatic carbocycles. The highest BCUT2D eigenvalue weighted by molar-refractivity contribution is 5.88. The van der Waals surface area contributed by atoms with E-state index in [4.69, 9.17) is 0 Å². The molecule has 0 saturated heterocycles. The summed E-state index contributed by atoms with van der Waals surface area (Å²) in [6, 6.07) is 0. The van der Waals surface area contributed by atoms with E-state index in [9.17, 15) is 19.8 Å². The zero-order valence-electron chi connectivity index (χ0n) is 10.0. The molecule has 8 nitrogen and oxygen atoms in total. The van der Waals surface area contributed by atoms with Gasteiger partial charge >= 0.3 is 5.97 Å². The van der Waals surface area contributed by atoms with Gasteiger partial charge in [-0.15, -0.1) is 0 Å². The number of methoxy groups -OCH3 is 1. The lowest BCUT2D eigenvalue weighted by atomic mass is 10.1. The first-order chi connectivity index (χ1) is 8.47. The Hall–Kier alpha value is -1.93. The Labute approximate surface area is 103 Å². The van der Waals surface area contributed by atoms with Crippen LogP contribution >= 0.6 is 0 Å². The lowest BCUT2D eigenvalue weighted by molar-refractivity contribution is -0.119. The zero-order chi connectivity index (χ0) is 13.7. The van der Waals surface area contributed by atoms with Crippen LogP contribution in [0.1, 0.15) is 29.1 Å². The number of ether oxygens (including phenoxy) is 1. The molecule has 1 aromatic heterocycles. The van der Waals surface area contributed by atoms with Gasteiger partial charge in [0.05, 0.1) is 13.3 Å². The van der Waals surface area contributed by atoms with Gasteiger partial charge in [-0.1, -0.05) is 0 Å². The highest BCUT2D eigenvalue weighted by atomic mass is 16.5. The molecule has 18 heavy (non-hydrogen) atoms. The quantitative estimate of drug-likeness (QED) is 0.487. The van der Waals surface area contributed by atoms with Crippen LogP contribution in [0.3, 0.4) is 0 Å². The summed E-state index contributed by atoms with van der Waals surface area (Å²) in [6.07, 6.45) is -1.40. The van der Waals surface area contributed by atoms with Gasteiger partial charge in [0.2, 0.25) is 5.91 Å². The normalized spacial score (nSPS) is 13.8. The van der Waals surface area contributed by atoms with Crippen molar-refractivity contribution in [3.8, 4) is 0 Å². The van der Waals surface area contributed by atoms with Gasteiger partial charge in [0.25, 0.3) is 0 Å². The van der Waals surface area contributed by atoms with E-state index in [-0.39, 0.29) is 23.7 Å². The maximum absolute atomic E-state index is 11.3. The second-order valence-electron chi connectivity index (χ2n) is 3.64. The first kappa shape index (κ1) is 14.1. The van der Waals surface area contributed by atoms with Crippen LogP contribution in [0, 0.1) is 0 Å².